The highest BCUT2D eigenvalue weighted by molar-refractivity contribution is 5.72. The first kappa shape index (κ1) is 11.3. The third-order valence-corrected chi connectivity index (χ3v) is 2.12. The molecular formula is C11H12N4O2. The summed E-state index contributed by atoms with van der Waals surface area (Å²) in [5, 5.41) is 3.90. The fourth-order valence-electron chi connectivity index (χ4n) is 1.32. The summed E-state index contributed by atoms with van der Waals surface area (Å²) in [6, 6.07) is 3.63. The average Bonchev–Trinajstić information content (AvgIpc) is 2.83. The maximum Gasteiger partial charge on any atom is 0.310 e. The van der Waals surface area contributed by atoms with E-state index in [1.807, 2.05) is 6.07 Å². The van der Waals surface area contributed by atoms with Crippen LogP contribution < -0.4 is 0 Å². The second kappa shape index (κ2) is 5.74. The first-order chi connectivity index (χ1) is 8.34. The Kier molecular flexibility index (Phi) is 3.80. The van der Waals surface area contributed by atoms with E-state index in [-0.39, 0.29) is 12.4 Å². The van der Waals surface area contributed by atoms with Gasteiger partial charge in [0, 0.05) is 12.4 Å². The molecule has 2 heterocycles. The van der Waals surface area contributed by atoms with Gasteiger partial charge in [0.15, 0.2) is 0 Å². The van der Waals surface area contributed by atoms with E-state index in [2.05, 4.69) is 15.1 Å². The maximum absolute atomic E-state index is 11.4. The third-order valence-electron chi connectivity index (χ3n) is 2.12. The van der Waals surface area contributed by atoms with Crippen molar-refractivity contribution in [2.45, 2.75) is 13.0 Å². The summed E-state index contributed by atoms with van der Waals surface area (Å²) in [7, 11) is 0. The van der Waals surface area contributed by atoms with Gasteiger partial charge in [0.05, 0.1) is 13.0 Å². The van der Waals surface area contributed by atoms with Gasteiger partial charge >= 0.3 is 5.97 Å². The van der Waals surface area contributed by atoms with Crippen molar-refractivity contribution in [1.82, 2.24) is 19.7 Å². The van der Waals surface area contributed by atoms with Crippen LogP contribution in [0, 0.1) is 0 Å². The number of hydrogen-bond acceptors (Lipinski definition) is 5. The second-order valence-corrected chi connectivity index (χ2v) is 3.42. The zero-order valence-corrected chi connectivity index (χ0v) is 9.19. The lowest BCUT2D eigenvalue weighted by Gasteiger charge is -2.04. The van der Waals surface area contributed by atoms with E-state index in [1.165, 1.54) is 6.33 Å². The molecule has 2 aromatic rings. The molecule has 0 fully saturated rings. The number of pyridine rings is 1. The molecule has 0 spiro atoms. The molecule has 0 bridgehead atoms. The van der Waals surface area contributed by atoms with Crippen LogP contribution in [-0.2, 0) is 22.5 Å². The summed E-state index contributed by atoms with van der Waals surface area (Å²) in [6.45, 7) is 0.807. The molecule has 0 atom stereocenters. The highest BCUT2D eigenvalue weighted by atomic mass is 16.5. The van der Waals surface area contributed by atoms with Crippen molar-refractivity contribution in [3.05, 3.63) is 42.7 Å². The molecule has 6 nitrogen and oxygen atoms in total. The van der Waals surface area contributed by atoms with Crippen molar-refractivity contribution in [1.29, 1.82) is 0 Å². The van der Waals surface area contributed by atoms with E-state index in [4.69, 9.17) is 4.74 Å². The molecule has 0 N–H and O–H groups in total. The molecular weight excluding hydrogens is 220 g/mol. The minimum absolute atomic E-state index is 0.241. The standard InChI is InChI=1S/C11H12N4O2/c16-11(6-10-2-1-3-12-7-10)17-5-4-15-9-13-8-14-15/h1-3,7-9H,4-6H2. The summed E-state index contributed by atoms with van der Waals surface area (Å²) in [4.78, 5) is 19.2. The molecule has 0 aliphatic heterocycles. The quantitative estimate of drug-likeness (QED) is 0.700. The SMILES string of the molecule is O=C(Cc1cccnc1)OCCn1cncn1. The Morgan fingerprint density at radius 3 is 3.06 bits per heavy atom. The molecule has 0 saturated heterocycles. The normalized spacial score (nSPS) is 10.1. The van der Waals surface area contributed by atoms with Gasteiger partial charge < -0.3 is 4.74 Å². The Labute approximate surface area is 98.3 Å². The zero-order chi connectivity index (χ0) is 11.9. The van der Waals surface area contributed by atoms with Gasteiger partial charge in [-0.15, -0.1) is 0 Å². The molecule has 0 amide bonds. The predicted octanol–water partition coefficient (Wildman–Crippen LogP) is 0.459. The lowest BCUT2D eigenvalue weighted by atomic mass is 10.2. The van der Waals surface area contributed by atoms with Crippen molar-refractivity contribution in [2.24, 2.45) is 0 Å². The summed E-state index contributed by atoms with van der Waals surface area (Å²) < 4.78 is 6.67. The van der Waals surface area contributed by atoms with Crippen molar-refractivity contribution >= 4 is 5.97 Å². The van der Waals surface area contributed by atoms with Gasteiger partial charge in [-0.25, -0.2) is 9.67 Å². The van der Waals surface area contributed by atoms with Gasteiger partial charge in [-0.2, -0.15) is 5.10 Å². The molecule has 0 aromatic carbocycles. The first-order valence-corrected chi connectivity index (χ1v) is 5.21. The molecule has 17 heavy (non-hydrogen) atoms. The molecule has 2 rings (SSSR count). The summed E-state index contributed by atoms with van der Waals surface area (Å²) in [5.74, 6) is -0.266. The Balaban J connectivity index is 1.71. The summed E-state index contributed by atoms with van der Waals surface area (Å²) in [6.07, 6.45) is 6.58. The van der Waals surface area contributed by atoms with Gasteiger partial charge in [0.1, 0.15) is 19.3 Å². The fourth-order valence-corrected chi connectivity index (χ4v) is 1.32. The number of carbonyl (C=O) groups is 1. The smallest absolute Gasteiger partial charge is 0.310 e. The largest absolute Gasteiger partial charge is 0.463 e. The van der Waals surface area contributed by atoms with Crippen LogP contribution >= 0.6 is 0 Å². The third kappa shape index (κ3) is 3.67. The lowest BCUT2D eigenvalue weighted by molar-refractivity contribution is -0.143. The maximum atomic E-state index is 11.4. The molecule has 2 aromatic heterocycles. The zero-order valence-electron chi connectivity index (χ0n) is 9.19. The highest BCUT2D eigenvalue weighted by Crippen LogP contribution is 1.98. The molecule has 0 unspecified atom stereocenters. The van der Waals surface area contributed by atoms with E-state index in [0.29, 0.717) is 13.2 Å². The summed E-state index contributed by atoms with van der Waals surface area (Å²) >= 11 is 0. The van der Waals surface area contributed by atoms with Crippen molar-refractivity contribution in [2.75, 3.05) is 6.61 Å². The van der Waals surface area contributed by atoms with E-state index < -0.39 is 0 Å². The highest BCUT2D eigenvalue weighted by Gasteiger charge is 2.04. The van der Waals surface area contributed by atoms with Crippen molar-refractivity contribution < 1.29 is 9.53 Å². The predicted molar refractivity (Wildman–Crippen MR) is 58.9 cm³/mol. The van der Waals surface area contributed by atoms with Crippen LogP contribution in [0.15, 0.2) is 37.2 Å². The number of rotatable bonds is 5. The van der Waals surface area contributed by atoms with Crippen LogP contribution in [0.2, 0.25) is 0 Å². The summed E-state index contributed by atoms with van der Waals surface area (Å²) in [5.41, 5.74) is 0.846. The lowest BCUT2D eigenvalue weighted by Crippen LogP contribution is -2.13. The number of ether oxygens (including phenoxy) is 1. The Morgan fingerprint density at radius 1 is 1.41 bits per heavy atom. The monoisotopic (exact) mass is 232 g/mol. The van der Waals surface area contributed by atoms with E-state index >= 15 is 0 Å². The number of nitrogens with zero attached hydrogens (tertiary/aromatic N) is 4. The van der Waals surface area contributed by atoms with Gasteiger partial charge in [-0.3, -0.25) is 9.78 Å². The molecule has 0 aliphatic carbocycles. The van der Waals surface area contributed by atoms with Gasteiger partial charge in [-0.05, 0) is 11.6 Å². The van der Waals surface area contributed by atoms with Crippen LogP contribution in [0.5, 0.6) is 0 Å². The molecule has 88 valence electrons. The van der Waals surface area contributed by atoms with Gasteiger partial charge in [0.2, 0.25) is 0 Å². The van der Waals surface area contributed by atoms with E-state index in [1.54, 1.807) is 29.5 Å². The van der Waals surface area contributed by atoms with Crippen molar-refractivity contribution in [3.8, 4) is 0 Å². The Bertz CT molecular complexity index is 456. The van der Waals surface area contributed by atoms with Crippen molar-refractivity contribution in [3.63, 3.8) is 0 Å². The molecule has 0 aliphatic rings. The van der Waals surface area contributed by atoms with Crippen LogP contribution in [-0.4, -0.2) is 32.3 Å². The number of hydrogen-bond donors (Lipinski definition) is 0. The first-order valence-electron chi connectivity index (χ1n) is 5.21. The van der Waals surface area contributed by atoms with Crippen LogP contribution in [0.25, 0.3) is 0 Å². The van der Waals surface area contributed by atoms with Gasteiger partial charge in [0.25, 0.3) is 0 Å². The van der Waals surface area contributed by atoms with Crippen LogP contribution in [0.1, 0.15) is 5.56 Å². The molecule has 6 heteroatoms. The fraction of sp³-hybridized carbons (Fsp3) is 0.273. The molecule has 0 saturated carbocycles. The second-order valence-electron chi connectivity index (χ2n) is 3.42. The minimum atomic E-state index is -0.266. The number of carbonyl (C=O) groups excluding carboxylic acids is 1. The van der Waals surface area contributed by atoms with Crippen LogP contribution in [0.4, 0.5) is 0 Å². The topological polar surface area (TPSA) is 69.9 Å². The minimum Gasteiger partial charge on any atom is -0.463 e. The van der Waals surface area contributed by atoms with Gasteiger partial charge in [-0.1, -0.05) is 6.07 Å². The molecule has 0 radical (unpaired) electrons. The van der Waals surface area contributed by atoms with Crippen LogP contribution in [0.3, 0.4) is 0 Å². The Hall–Kier alpha value is -2.24. The number of aromatic nitrogens is 4. The average molecular weight is 232 g/mol. The van der Waals surface area contributed by atoms with E-state index in [9.17, 15) is 4.79 Å². The van der Waals surface area contributed by atoms with E-state index in [0.717, 1.165) is 5.56 Å². The number of esters is 1. The Morgan fingerprint density at radius 2 is 2.35 bits per heavy atom.